The van der Waals surface area contributed by atoms with Crippen molar-refractivity contribution in [2.24, 2.45) is 0 Å². The van der Waals surface area contributed by atoms with Crippen molar-refractivity contribution in [3.63, 3.8) is 0 Å². The topological polar surface area (TPSA) is 40.6 Å². The maximum absolute atomic E-state index is 13.3. The van der Waals surface area contributed by atoms with Gasteiger partial charge in [0.05, 0.1) is 11.1 Å². The maximum Gasteiger partial charge on any atom is 0.417 e. The normalized spacial score (nSPS) is 15.1. The molecular formula is C24H21F3N2O2. The lowest BCUT2D eigenvalue weighted by molar-refractivity contribution is -0.138. The van der Waals surface area contributed by atoms with E-state index in [1.807, 2.05) is 36.4 Å². The monoisotopic (exact) mass is 426 g/mol. The predicted molar refractivity (Wildman–Crippen MR) is 112 cm³/mol. The van der Waals surface area contributed by atoms with Crippen LogP contribution in [0.25, 0.3) is 10.8 Å². The Labute approximate surface area is 177 Å². The number of halogens is 3. The van der Waals surface area contributed by atoms with E-state index in [1.54, 1.807) is 11.0 Å². The molecule has 0 N–H and O–H groups in total. The van der Waals surface area contributed by atoms with Gasteiger partial charge in [0.2, 0.25) is 0 Å². The van der Waals surface area contributed by atoms with Gasteiger partial charge in [0, 0.05) is 31.7 Å². The average Bonchev–Trinajstić information content (AvgIpc) is 3.03. The lowest BCUT2D eigenvalue weighted by atomic mass is 10.0. The molecular weight excluding hydrogens is 405 g/mol. The van der Waals surface area contributed by atoms with Crippen LogP contribution in [-0.4, -0.2) is 47.8 Å². The fraction of sp³-hybridized carbons (Fsp3) is 0.250. The molecule has 0 atom stereocenters. The number of benzene rings is 3. The molecule has 7 heteroatoms. The first kappa shape index (κ1) is 20.9. The summed E-state index contributed by atoms with van der Waals surface area (Å²) in [7, 11) is 0. The summed E-state index contributed by atoms with van der Waals surface area (Å²) in [4.78, 5) is 29.1. The average molecular weight is 426 g/mol. The first-order valence-corrected chi connectivity index (χ1v) is 10.1. The highest BCUT2D eigenvalue weighted by atomic mass is 19.4. The van der Waals surface area contributed by atoms with Crippen molar-refractivity contribution in [2.75, 3.05) is 26.2 Å². The molecule has 31 heavy (non-hydrogen) atoms. The zero-order valence-electron chi connectivity index (χ0n) is 16.7. The molecule has 4 nitrogen and oxygen atoms in total. The number of hydrogen-bond acceptors (Lipinski definition) is 2. The number of carbonyl (C=O) groups excluding carboxylic acids is 2. The summed E-state index contributed by atoms with van der Waals surface area (Å²) in [6.45, 7) is 1.18. The standard InChI is InChI=1S/C24H21F3N2O2/c25-24(26,27)21-12-4-3-10-20(21)23(31)29-14-6-13-28(15-16-29)22(30)19-11-5-8-17-7-1-2-9-18(17)19/h1-5,7-12H,6,13-16H2. The summed E-state index contributed by atoms with van der Waals surface area (Å²) in [6, 6.07) is 18.0. The molecule has 3 aromatic rings. The summed E-state index contributed by atoms with van der Waals surface area (Å²) in [5.74, 6) is -0.797. The molecule has 0 aliphatic carbocycles. The Balaban J connectivity index is 1.53. The summed E-state index contributed by atoms with van der Waals surface area (Å²) in [5.41, 5.74) is -0.711. The van der Waals surface area contributed by atoms with Gasteiger partial charge >= 0.3 is 6.18 Å². The Morgan fingerprint density at radius 3 is 1.94 bits per heavy atom. The van der Waals surface area contributed by atoms with E-state index < -0.39 is 17.6 Å². The van der Waals surface area contributed by atoms with Crippen LogP contribution < -0.4 is 0 Å². The number of amides is 2. The van der Waals surface area contributed by atoms with Crippen LogP contribution in [-0.2, 0) is 6.18 Å². The van der Waals surface area contributed by atoms with E-state index >= 15 is 0 Å². The molecule has 0 radical (unpaired) electrons. The van der Waals surface area contributed by atoms with Crippen molar-refractivity contribution >= 4 is 22.6 Å². The highest BCUT2D eigenvalue weighted by molar-refractivity contribution is 6.07. The molecule has 4 rings (SSSR count). The lowest BCUT2D eigenvalue weighted by Gasteiger charge is -2.24. The largest absolute Gasteiger partial charge is 0.417 e. The Kier molecular flexibility index (Phi) is 5.67. The zero-order valence-corrected chi connectivity index (χ0v) is 16.7. The molecule has 3 aromatic carbocycles. The summed E-state index contributed by atoms with van der Waals surface area (Å²) in [6.07, 6.45) is -4.11. The van der Waals surface area contributed by atoms with Crippen LogP contribution in [0.3, 0.4) is 0 Å². The highest BCUT2D eigenvalue weighted by Crippen LogP contribution is 2.32. The van der Waals surface area contributed by atoms with Crippen LogP contribution in [0.4, 0.5) is 13.2 Å². The molecule has 0 spiro atoms. The van der Waals surface area contributed by atoms with E-state index in [9.17, 15) is 22.8 Å². The van der Waals surface area contributed by atoms with Crippen molar-refractivity contribution in [3.05, 3.63) is 83.4 Å². The number of nitrogens with zero attached hydrogens (tertiary/aromatic N) is 2. The Morgan fingerprint density at radius 2 is 1.23 bits per heavy atom. The van der Waals surface area contributed by atoms with Gasteiger partial charge < -0.3 is 9.80 Å². The Hall–Kier alpha value is -3.35. The summed E-state index contributed by atoms with van der Waals surface area (Å²) in [5, 5.41) is 1.81. The molecule has 0 aromatic heterocycles. The number of rotatable bonds is 2. The van der Waals surface area contributed by atoms with E-state index in [0.29, 0.717) is 25.1 Å². The minimum Gasteiger partial charge on any atom is -0.337 e. The molecule has 1 heterocycles. The highest BCUT2D eigenvalue weighted by Gasteiger charge is 2.36. The van der Waals surface area contributed by atoms with Gasteiger partial charge in [-0.05, 0) is 35.4 Å². The molecule has 1 saturated heterocycles. The van der Waals surface area contributed by atoms with Gasteiger partial charge in [0.1, 0.15) is 0 Å². The molecule has 0 unspecified atom stereocenters. The second kappa shape index (κ2) is 8.41. The van der Waals surface area contributed by atoms with Crippen molar-refractivity contribution in [2.45, 2.75) is 12.6 Å². The van der Waals surface area contributed by atoms with E-state index in [0.717, 1.165) is 16.8 Å². The maximum atomic E-state index is 13.3. The zero-order chi connectivity index (χ0) is 22.0. The third kappa shape index (κ3) is 4.26. The number of fused-ring (bicyclic) bond motifs is 1. The van der Waals surface area contributed by atoms with Crippen LogP contribution in [0.2, 0.25) is 0 Å². The molecule has 0 bridgehead atoms. The van der Waals surface area contributed by atoms with Gasteiger partial charge in [-0.1, -0.05) is 48.5 Å². The summed E-state index contributed by atoms with van der Waals surface area (Å²) < 4.78 is 39.9. The van der Waals surface area contributed by atoms with Crippen molar-refractivity contribution in [1.29, 1.82) is 0 Å². The van der Waals surface area contributed by atoms with Crippen LogP contribution in [0.1, 0.15) is 32.7 Å². The van der Waals surface area contributed by atoms with Gasteiger partial charge in [0.15, 0.2) is 0 Å². The number of alkyl halides is 3. The van der Waals surface area contributed by atoms with E-state index in [4.69, 9.17) is 0 Å². The van der Waals surface area contributed by atoms with Crippen LogP contribution in [0, 0.1) is 0 Å². The lowest BCUT2D eigenvalue weighted by Crippen LogP contribution is -2.38. The van der Waals surface area contributed by atoms with Crippen molar-refractivity contribution in [3.8, 4) is 0 Å². The number of carbonyl (C=O) groups is 2. The minimum atomic E-state index is -4.60. The van der Waals surface area contributed by atoms with Crippen LogP contribution in [0.5, 0.6) is 0 Å². The molecule has 0 saturated carbocycles. The Morgan fingerprint density at radius 1 is 0.677 bits per heavy atom. The van der Waals surface area contributed by atoms with Gasteiger partial charge in [-0.15, -0.1) is 0 Å². The van der Waals surface area contributed by atoms with E-state index in [2.05, 4.69) is 0 Å². The third-order valence-electron chi connectivity index (χ3n) is 5.55. The molecule has 2 amide bonds. The third-order valence-corrected chi connectivity index (χ3v) is 5.55. The Bertz CT molecular complexity index is 1120. The van der Waals surface area contributed by atoms with Gasteiger partial charge in [0.25, 0.3) is 11.8 Å². The quantitative estimate of drug-likeness (QED) is 0.588. The van der Waals surface area contributed by atoms with Crippen molar-refractivity contribution in [1.82, 2.24) is 9.80 Å². The second-order valence-electron chi connectivity index (χ2n) is 7.51. The minimum absolute atomic E-state index is 0.137. The first-order chi connectivity index (χ1) is 14.9. The predicted octanol–water partition coefficient (Wildman–Crippen LogP) is 4.85. The summed E-state index contributed by atoms with van der Waals surface area (Å²) >= 11 is 0. The number of hydrogen-bond donors (Lipinski definition) is 0. The SMILES string of the molecule is O=C(c1ccccc1C(F)(F)F)N1CCCN(C(=O)c2cccc3ccccc23)CC1. The molecule has 1 aliphatic heterocycles. The van der Waals surface area contributed by atoms with Crippen LogP contribution >= 0.6 is 0 Å². The molecule has 1 aliphatic rings. The smallest absolute Gasteiger partial charge is 0.337 e. The fourth-order valence-corrected chi connectivity index (χ4v) is 3.99. The van der Waals surface area contributed by atoms with E-state index in [1.165, 1.54) is 23.1 Å². The second-order valence-corrected chi connectivity index (χ2v) is 7.51. The van der Waals surface area contributed by atoms with Gasteiger partial charge in [-0.3, -0.25) is 9.59 Å². The molecule has 1 fully saturated rings. The van der Waals surface area contributed by atoms with Crippen LogP contribution in [0.15, 0.2) is 66.7 Å². The van der Waals surface area contributed by atoms with Gasteiger partial charge in [-0.25, -0.2) is 0 Å². The fourth-order valence-electron chi connectivity index (χ4n) is 3.99. The molecule has 160 valence electrons. The first-order valence-electron chi connectivity index (χ1n) is 10.1. The van der Waals surface area contributed by atoms with Crippen molar-refractivity contribution < 1.29 is 22.8 Å². The van der Waals surface area contributed by atoms with Gasteiger partial charge in [-0.2, -0.15) is 13.2 Å². The van der Waals surface area contributed by atoms with E-state index in [-0.39, 0.29) is 24.6 Å².